The molecule has 196 valence electrons. The van der Waals surface area contributed by atoms with E-state index in [1.165, 1.54) is 0 Å². The second-order valence-corrected chi connectivity index (χ2v) is 11.3. The quantitative estimate of drug-likeness (QED) is 0.397. The Morgan fingerprint density at radius 3 is 2.53 bits per heavy atom. The molecule has 2 heterocycles. The molecule has 1 N–H and O–H groups in total. The highest BCUT2D eigenvalue weighted by molar-refractivity contribution is 6.33. The van der Waals surface area contributed by atoms with Crippen LogP contribution in [-0.4, -0.2) is 47.0 Å². The Morgan fingerprint density at radius 2 is 1.89 bits per heavy atom. The van der Waals surface area contributed by atoms with Crippen LogP contribution in [0.3, 0.4) is 0 Å². The highest BCUT2D eigenvalue weighted by Crippen LogP contribution is 2.37. The number of aromatic nitrogens is 1. The molecule has 8 heteroatoms. The number of hydrogen-bond acceptors (Lipinski definition) is 6. The lowest BCUT2D eigenvalue weighted by atomic mass is 9.94. The molecule has 1 aliphatic carbocycles. The van der Waals surface area contributed by atoms with Crippen molar-refractivity contribution in [2.75, 3.05) is 31.1 Å². The molecule has 2 atom stereocenters. The maximum absolute atomic E-state index is 12.1. The molecule has 5 rings (SSSR count). The van der Waals surface area contributed by atoms with Crippen molar-refractivity contribution in [3.05, 3.63) is 93.2 Å². The Balaban J connectivity index is 1.34. The molecule has 0 radical (unpaired) electrons. The Morgan fingerprint density at radius 1 is 1.13 bits per heavy atom. The molecule has 3 aromatic rings. The number of benzene rings is 2. The summed E-state index contributed by atoms with van der Waals surface area (Å²) < 4.78 is 0. The molecule has 0 unspecified atom stereocenters. The predicted molar refractivity (Wildman–Crippen MR) is 149 cm³/mol. The highest BCUT2D eigenvalue weighted by atomic mass is 35.5. The number of halogens is 2. The molecule has 2 fully saturated rings. The van der Waals surface area contributed by atoms with E-state index in [0.717, 1.165) is 41.9 Å². The fourth-order valence-corrected chi connectivity index (χ4v) is 5.57. The van der Waals surface area contributed by atoms with Gasteiger partial charge in [-0.2, -0.15) is 5.26 Å². The number of rotatable bonds is 8. The van der Waals surface area contributed by atoms with Crippen molar-refractivity contribution in [2.45, 2.75) is 37.8 Å². The van der Waals surface area contributed by atoms with Crippen LogP contribution in [0.5, 0.6) is 0 Å². The van der Waals surface area contributed by atoms with E-state index in [0.29, 0.717) is 41.7 Å². The van der Waals surface area contributed by atoms with Gasteiger partial charge in [0, 0.05) is 61.0 Å². The number of piperazine rings is 1. The fourth-order valence-electron chi connectivity index (χ4n) is 5.15. The Bertz CT molecular complexity index is 1350. The van der Waals surface area contributed by atoms with Crippen molar-refractivity contribution in [1.29, 1.82) is 5.26 Å². The molecule has 6 nitrogen and oxygen atoms in total. The van der Waals surface area contributed by atoms with Crippen molar-refractivity contribution in [2.24, 2.45) is 5.92 Å². The third-order valence-corrected chi connectivity index (χ3v) is 8.03. The summed E-state index contributed by atoms with van der Waals surface area (Å²) in [5.74, 6) is 0.469. The lowest BCUT2D eigenvalue weighted by Crippen LogP contribution is -2.52. The largest absolute Gasteiger partial charge is 0.384 e. The monoisotopic (exact) mass is 548 g/mol. The molecular formula is C30H30Cl2N4O2. The van der Waals surface area contributed by atoms with Crippen molar-refractivity contribution in [3.63, 3.8) is 0 Å². The number of ketones is 1. The van der Waals surface area contributed by atoms with Gasteiger partial charge in [0.1, 0.15) is 11.4 Å². The van der Waals surface area contributed by atoms with Gasteiger partial charge in [-0.15, -0.1) is 0 Å². The SMILES string of the molecule is C[C@@](O)(CN1CCN(c2ccc(C#N)cc2Cl)[C@H](c2ccc(Cl)cc2)C1)c1ccc(CC(=O)C2CC2)nc1. The molecule has 2 aliphatic rings. The average molecular weight is 550 g/mol. The molecule has 38 heavy (non-hydrogen) atoms. The normalized spacial score (nSPS) is 19.6. The number of carbonyl (C=O) groups is 1. The summed E-state index contributed by atoms with van der Waals surface area (Å²) >= 11 is 12.8. The Hall–Kier alpha value is -2.95. The first-order valence-electron chi connectivity index (χ1n) is 12.9. The van der Waals surface area contributed by atoms with E-state index < -0.39 is 5.60 Å². The van der Waals surface area contributed by atoms with Crippen LogP contribution in [0.1, 0.15) is 48.2 Å². The molecular weight excluding hydrogens is 519 g/mol. The van der Waals surface area contributed by atoms with Gasteiger partial charge in [0.2, 0.25) is 0 Å². The molecule has 1 saturated carbocycles. The van der Waals surface area contributed by atoms with Crippen molar-refractivity contribution in [1.82, 2.24) is 9.88 Å². The molecule has 0 amide bonds. The predicted octanol–water partition coefficient (Wildman–Crippen LogP) is 5.55. The molecule has 2 aromatic carbocycles. The summed E-state index contributed by atoms with van der Waals surface area (Å²) in [5.41, 5.74) is 2.83. The van der Waals surface area contributed by atoms with Gasteiger partial charge in [-0.3, -0.25) is 14.7 Å². The van der Waals surface area contributed by atoms with Crippen LogP contribution in [0.25, 0.3) is 0 Å². The van der Waals surface area contributed by atoms with Gasteiger partial charge < -0.3 is 10.0 Å². The van der Waals surface area contributed by atoms with Crippen LogP contribution in [-0.2, 0) is 16.8 Å². The van der Waals surface area contributed by atoms with Crippen molar-refractivity contribution in [3.8, 4) is 6.07 Å². The van der Waals surface area contributed by atoms with E-state index in [-0.39, 0.29) is 17.7 Å². The van der Waals surface area contributed by atoms with Gasteiger partial charge in [0.05, 0.1) is 28.4 Å². The third kappa shape index (κ3) is 6.03. The van der Waals surface area contributed by atoms with Gasteiger partial charge in [-0.1, -0.05) is 41.4 Å². The summed E-state index contributed by atoms with van der Waals surface area (Å²) in [6.07, 6.45) is 4.04. The standard InChI is InChI=1S/C30H30Cl2N4O2/c1-30(38,23-7-10-25(34-17-23)15-29(37)22-3-4-22)19-35-12-13-36(27-11-2-20(16-33)14-26(27)32)28(18-35)21-5-8-24(31)9-6-21/h2,5-11,14,17,22,28,38H,3-4,12-13,15,18-19H2,1H3/t28-,30+/m0/s1. The first kappa shape index (κ1) is 26.6. The zero-order chi connectivity index (χ0) is 26.9. The highest BCUT2D eigenvalue weighted by Gasteiger charge is 2.34. The summed E-state index contributed by atoms with van der Waals surface area (Å²) in [5, 5.41) is 21.9. The second-order valence-electron chi connectivity index (χ2n) is 10.5. The fraction of sp³-hybridized carbons (Fsp3) is 0.367. The van der Waals surface area contributed by atoms with E-state index in [1.807, 2.05) is 42.5 Å². The number of Topliss-reactive ketones (excluding diaryl/α,β-unsaturated/α-hetero) is 1. The Labute approximate surface area is 233 Å². The van der Waals surface area contributed by atoms with E-state index >= 15 is 0 Å². The number of carbonyl (C=O) groups excluding carboxylic acids is 1. The summed E-state index contributed by atoms with van der Waals surface area (Å²) in [6, 6.07) is 19.0. The Kier molecular flexibility index (Phi) is 7.74. The summed E-state index contributed by atoms with van der Waals surface area (Å²) in [4.78, 5) is 21.1. The lowest BCUT2D eigenvalue weighted by molar-refractivity contribution is -0.119. The first-order chi connectivity index (χ1) is 18.2. The number of β-amino-alcohol motifs (C(OH)–C–C–N with tert-alkyl or cyclic N) is 1. The smallest absolute Gasteiger partial charge is 0.141 e. The average Bonchev–Trinajstić information content (AvgIpc) is 3.75. The maximum atomic E-state index is 12.1. The van der Waals surface area contributed by atoms with E-state index in [4.69, 9.17) is 23.2 Å². The van der Waals surface area contributed by atoms with Crippen LogP contribution in [0.15, 0.2) is 60.8 Å². The van der Waals surface area contributed by atoms with Crippen LogP contribution in [0.4, 0.5) is 5.69 Å². The van der Waals surface area contributed by atoms with Crippen LogP contribution >= 0.6 is 23.2 Å². The van der Waals surface area contributed by atoms with Gasteiger partial charge in [0.25, 0.3) is 0 Å². The third-order valence-electron chi connectivity index (χ3n) is 7.47. The minimum atomic E-state index is -1.12. The van der Waals surface area contributed by atoms with Gasteiger partial charge in [0.15, 0.2) is 0 Å². The van der Waals surface area contributed by atoms with Crippen molar-refractivity contribution < 1.29 is 9.90 Å². The van der Waals surface area contributed by atoms with Gasteiger partial charge in [-0.25, -0.2) is 0 Å². The maximum Gasteiger partial charge on any atom is 0.141 e. The van der Waals surface area contributed by atoms with Gasteiger partial charge in [-0.05, 0) is 61.7 Å². The van der Waals surface area contributed by atoms with Crippen LogP contribution in [0, 0.1) is 17.2 Å². The minimum absolute atomic E-state index is 0.0313. The topological polar surface area (TPSA) is 80.5 Å². The number of pyridine rings is 1. The lowest BCUT2D eigenvalue weighted by Gasteiger charge is -2.45. The van der Waals surface area contributed by atoms with Crippen molar-refractivity contribution >= 4 is 34.7 Å². The van der Waals surface area contributed by atoms with Gasteiger partial charge >= 0.3 is 0 Å². The number of aliphatic hydroxyl groups is 1. The molecule has 0 spiro atoms. The zero-order valence-electron chi connectivity index (χ0n) is 21.3. The molecule has 1 aromatic heterocycles. The minimum Gasteiger partial charge on any atom is -0.384 e. The summed E-state index contributed by atoms with van der Waals surface area (Å²) in [7, 11) is 0. The number of hydrogen-bond donors (Lipinski definition) is 1. The summed E-state index contributed by atoms with van der Waals surface area (Å²) in [6.45, 7) is 4.30. The zero-order valence-corrected chi connectivity index (χ0v) is 22.8. The molecule has 1 aliphatic heterocycles. The second kappa shape index (κ2) is 11.0. The van der Waals surface area contributed by atoms with E-state index in [2.05, 4.69) is 20.9 Å². The van der Waals surface area contributed by atoms with Crippen LogP contribution < -0.4 is 4.90 Å². The number of nitriles is 1. The number of anilines is 1. The number of nitrogens with zero attached hydrogens (tertiary/aromatic N) is 4. The van der Waals surface area contributed by atoms with Crippen LogP contribution in [0.2, 0.25) is 10.0 Å². The van der Waals surface area contributed by atoms with E-state index in [9.17, 15) is 15.2 Å². The first-order valence-corrected chi connectivity index (χ1v) is 13.6. The van der Waals surface area contributed by atoms with E-state index in [1.54, 1.807) is 25.3 Å². The molecule has 0 bridgehead atoms. The molecule has 1 saturated heterocycles.